The normalized spacial score (nSPS) is 10.8. The largest absolute Gasteiger partial charge is 0.399 e. The van der Waals surface area contributed by atoms with Crippen molar-refractivity contribution in [2.24, 2.45) is 0 Å². The van der Waals surface area contributed by atoms with Gasteiger partial charge in [0.25, 0.3) is 0 Å². The lowest BCUT2D eigenvalue weighted by Crippen LogP contribution is -1.95. The summed E-state index contributed by atoms with van der Waals surface area (Å²) < 4.78 is 0. The van der Waals surface area contributed by atoms with Crippen LogP contribution in [0.1, 0.15) is 25.3 Å². The van der Waals surface area contributed by atoms with Crippen molar-refractivity contribution in [1.29, 1.82) is 0 Å². The fourth-order valence-corrected chi connectivity index (χ4v) is 1.96. The van der Waals surface area contributed by atoms with Crippen LogP contribution < -0.4 is 11.5 Å². The van der Waals surface area contributed by atoms with Crippen LogP contribution >= 0.6 is 0 Å². The number of aryl methyl sites for hydroxylation is 1. The zero-order valence-electron chi connectivity index (χ0n) is 9.66. The van der Waals surface area contributed by atoms with Crippen LogP contribution in [0.25, 0.3) is 10.8 Å². The monoisotopic (exact) mass is 214 g/mol. The molecule has 0 heterocycles. The Morgan fingerprint density at radius 3 is 2.56 bits per heavy atom. The highest BCUT2D eigenvalue weighted by molar-refractivity contribution is 5.89. The summed E-state index contributed by atoms with van der Waals surface area (Å²) in [6, 6.07) is 10.1. The third kappa shape index (κ3) is 2.11. The summed E-state index contributed by atoms with van der Waals surface area (Å²) in [6.45, 7) is 2.19. The number of anilines is 2. The number of fused-ring (bicyclic) bond motifs is 1. The second-order valence-corrected chi connectivity index (χ2v) is 4.26. The molecular weight excluding hydrogens is 196 g/mol. The minimum Gasteiger partial charge on any atom is -0.399 e. The van der Waals surface area contributed by atoms with Gasteiger partial charge in [-0.05, 0) is 53.4 Å². The van der Waals surface area contributed by atoms with Crippen LogP contribution in [0.15, 0.2) is 30.3 Å². The van der Waals surface area contributed by atoms with Crippen molar-refractivity contribution in [3.63, 3.8) is 0 Å². The molecule has 0 bridgehead atoms. The minimum atomic E-state index is 0.804. The molecule has 84 valence electrons. The molecule has 2 aromatic carbocycles. The van der Waals surface area contributed by atoms with Gasteiger partial charge in [-0.3, -0.25) is 0 Å². The number of hydrogen-bond acceptors (Lipinski definition) is 2. The maximum Gasteiger partial charge on any atom is 0.0352 e. The lowest BCUT2D eigenvalue weighted by Gasteiger charge is -2.08. The molecule has 0 fully saturated rings. The van der Waals surface area contributed by atoms with Crippen molar-refractivity contribution >= 4 is 22.1 Å². The van der Waals surface area contributed by atoms with Crippen molar-refractivity contribution in [2.45, 2.75) is 26.2 Å². The predicted molar refractivity (Wildman–Crippen MR) is 71.4 cm³/mol. The van der Waals surface area contributed by atoms with Gasteiger partial charge in [0.2, 0.25) is 0 Å². The highest BCUT2D eigenvalue weighted by Gasteiger charge is 2.02. The summed E-state index contributed by atoms with van der Waals surface area (Å²) in [5.74, 6) is 0. The highest BCUT2D eigenvalue weighted by Crippen LogP contribution is 2.25. The Labute approximate surface area is 96.3 Å². The van der Waals surface area contributed by atoms with Crippen LogP contribution in [0.4, 0.5) is 11.4 Å². The molecule has 0 aromatic heterocycles. The molecular formula is C14H18N2. The number of unbranched alkanes of at least 4 members (excludes halogenated alkanes) is 1. The van der Waals surface area contributed by atoms with Crippen LogP contribution in [0.2, 0.25) is 0 Å². The molecule has 2 rings (SSSR count). The second kappa shape index (κ2) is 4.44. The van der Waals surface area contributed by atoms with E-state index in [-0.39, 0.29) is 0 Å². The molecule has 0 spiro atoms. The van der Waals surface area contributed by atoms with E-state index in [0.717, 1.165) is 23.2 Å². The quantitative estimate of drug-likeness (QED) is 0.770. The van der Waals surface area contributed by atoms with E-state index in [1.807, 2.05) is 24.3 Å². The number of nitrogens with two attached hydrogens (primary N) is 2. The molecule has 0 saturated heterocycles. The Bertz CT molecular complexity index is 503. The maximum absolute atomic E-state index is 6.03. The third-order valence-corrected chi connectivity index (χ3v) is 2.92. The number of hydrogen-bond donors (Lipinski definition) is 2. The number of benzene rings is 2. The van der Waals surface area contributed by atoms with Gasteiger partial charge < -0.3 is 11.5 Å². The lowest BCUT2D eigenvalue weighted by molar-refractivity contribution is 0.797. The molecule has 16 heavy (non-hydrogen) atoms. The Hall–Kier alpha value is -1.70. The summed E-state index contributed by atoms with van der Waals surface area (Å²) in [5.41, 5.74) is 14.7. The topological polar surface area (TPSA) is 52.0 Å². The molecule has 0 amide bonds. The minimum absolute atomic E-state index is 0.804. The van der Waals surface area contributed by atoms with Crippen molar-refractivity contribution in [1.82, 2.24) is 0 Å². The molecule has 2 aromatic rings. The van der Waals surface area contributed by atoms with Crippen molar-refractivity contribution in [2.75, 3.05) is 11.5 Å². The van der Waals surface area contributed by atoms with Gasteiger partial charge in [0.05, 0.1) is 0 Å². The van der Waals surface area contributed by atoms with Gasteiger partial charge in [0.15, 0.2) is 0 Å². The van der Waals surface area contributed by atoms with E-state index in [1.165, 1.54) is 23.8 Å². The summed E-state index contributed by atoms with van der Waals surface area (Å²) in [6.07, 6.45) is 3.42. The average molecular weight is 214 g/mol. The van der Waals surface area contributed by atoms with E-state index >= 15 is 0 Å². The van der Waals surface area contributed by atoms with E-state index in [9.17, 15) is 0 Å². The predicted octanol–water partition coefficient (Wildman–Crippen LogP) is 3.35. The van der Waals surface area contributed by atoms with Gasteiger partial charge in [-0.15, -0.1) is 0 Å². The highest BCUT2D eigenvalue weighted by atomic mass is 14.6. The molecule has 0 unspecified atom stereocenters. The van der Waals surface area contributed by atoms with Crippen molar-refractivity contribution in [3.05, 3.63) is 35.9 Å². The zero-order valence-corrected chi connectivity index (χ0v) is 9.66. The smallest absolute Gasteiger partial charge is 0.0352 e. The molecule has 0 atom stereocenters. The van der Waals surface area contributed by atoms with E-state index in [4.69, 9.17) is 11.5 Å². The summed E-state index contributed by atoms with van der Waals surface area (Å²) in [4.78, 5) is 0. The lowest BCUT2D eigenvalue weighted by atomic mass is 10.0. The SMILES string of the molecule is CCCCc1cc2cc(N)ccc2cc1N. The number of nitrogen functional groups attached to an aromatic ring is 2. The van der Waals surface area contributed by atoms with E-state index in [1.54, 1.807) is 0 Å². The zero-order chi connectivity index (χ0) is 11.5. The van der Waals surface area contributed by atoms with Gasteiger partial charge >= 0.3 is 0 Å². The maximum atomic E-state index is 6.03. The summed E-state index contributed by atoms with van der Waals surface area (Å²) in [5, 5.41) is 2.34. The fraction of sp³-hybridized carbons (Fsp3) is 0.286. The molecule has 0 radical (unpaired) electrons. The number of rotatable bonds is 3. The standard InChI is InChI=1S/C14H18N2/c1-2-3-4-11-7-12-8-13(15)6-5-10(12)9-14(11)16/h5-9H,2-4,15-16H2,1H3. The average Bonchev–Trinajstić information content (AvgIpc) is 2.27. The van der Waals surface area contributed by atoms with Crippen LogP contribution in [-0.4, -0.2) is 0 Å². The first-order valence-electron chi connectivity index (χ1n) is 5.78. The van der Waals surface area contributed by atoms with Crippen LogP contribution in [0.5, 0.6) is 0 Å². The Balaban J connectivity index is 2.46. The van der Waals surface area contributed by atoms with Gasteiger partial charge in [-0.25, -0.2) is 0 Å². The Morgan fingerprint density at radius 2 is 1.81 bits per heavy atom. The molecule has 4 N–H and O–H groups in total. The van der Waals surface area contributed by atoms with E-state index in [2.05, 4.69) is 13.0 Å². The molecule has 2 heteroatoms. The third-order valence-electron chi connectivity index (χ3n) is 2.92. The van der Waals surface area contributed by atoms with Gasteiger partial charge in [-0.1, -0.05) is 19.4 Å². The van der Waals surface area contributed by atoms with Gasteiger partial charge in [-0.2, -0.15) is 0 Å². The van der Waals surface area contributed by atoms with Crippen molar-refractivity contribution in [3.8, 4) is 0 Å². The molecule has 0 aliphatic heterocycles. The van der Waals surface area contributed by atoms with Gasteiger partial charge in [0.1, 0.15) is 0 Å². The van der Waals surface area contributed by atoms with Crippen molar-refractivity contribution < 1.29 is 0 Å². The summed E-state index contributed by atoms with van der Waals surface area (Å²) in [7, 11) is 0. The van der Waals surface area contributed by atoms with Crippen LogP contribution in [-0.2, 0) is 6.42 Å². The Morgan fingerprint density at radius 1 is 1.00 bits per heavy atom. The summed E-state index contributed by atoms with van der Waals surface area (Å²) >= 11 is 0. The van der Waals surface area contributed by atoms with Gasteiger partial charge in [0, 0.05) is 11.4 Å². The molecule has 0 saturated carbocycles. The first-order valence-corrected chi connectivity index (χ1v) is 5.78. The van der Waals surface area contributed by atoms with Crippen LogP contribution in [0, 0.1) is 0 Å². The first-order chi connectivity index (χ1) is 7.70. The van der Waals surface area contributed by atoms with Crippen LogP contribution in [0.3, 0.4) is 0 Å². The molecule has 0 aliphatic rings. The van der Waals surface area contributed by atoms with E-state index in [0.29, 0.717) is 0 Å². The Kier molecular flexibility index (Phi) is 3.00. The fourth-order valence-electron chi connectivity index (χ4n) is 1.96. The first kappa shape index (κ1) is 10.8. The van der Waals surface area contributed by atoms with E-state index < -0.39 is 0 Å². The molecule has 0 aliphatic carbocycles. The molecule has 2 nitrogen and oxygen atoms in total. The second-order valence-electron chi connectivity index (χ2n) is 4.26.